The van der Waals surface area contributed by atoms with Crippen LogP contribution in [0.15, 0.2) is 4.99 Å². The Morgan fingerprint density at radius 3 is 2.85 bits per heavy atom. The summed E-state index contributed by atoms with van der Waals surface area (Å²) in [5.41, 5.74) is 0. The van der Waals surface area contributed by atoms with Gasteiger partial charge in [-0.2, -0.15) is 11.8 Å². The number of nitrogens with zero attached hydrogens (tertiary/aromatic N) is 1. The number of rotatable bonds is 3. The number of hydrogen-bond acceptors (Lipinski definition) is 3. The number of amides is 1. The molecule has 1 saturated carbocycles. The molecule has 1 N–H and O–H groups in total. The van der Waals surface area contributed by atoms with Crippen LogP contribution >= 0.6 is 11.8 Å². The number of carbonyl (C=O) groups excluding carboxylic acids is 1. The fourth-order valence-electron chi connectivity index (χ4n) is 1.74. The van der Waals surface area contributed by atoms with Crippen molar-refractivity contribution in [3.63, 3.8) is 0 Å². The van der Waals surface area contributed by atoms with E-state index in [0.717, 1.165) is 16.8 Å². The second-order valence-electron chi connectivity index (χ2n) is 3.53. The lowest BCUT2D eigenvalue weighted by atomic mass is 10.4. The average Bonchev–Trinajstić information content (AvgIpc) is 2.71. The van der Waals surface area contributed by atoms with Crippen LogP contribution in [0.5, 0.6) is 0 Å². The Morgan fingerprint density at radius 2 is 2.23 bits per heavy atom. The summed E-state index contributed by atoms with van der Waals surface area (Å²) < 4.78 is 0. The van der Waals surface area contributed by atoms with Gasteiger partial charge in [0.1, 0.15) is 12.4 Å². The average molecular weight is 198 g/mol. The second kappa shape index (κ2) is 4.13. The molecule has 1 fully saturated rings. The van der Waals surface area contributed by atoms with Gasteiger partial charge in [0.05, 0.1) is 5.75 Å². The monoisotopic (exact) mass is 198 g/mol. The molecule has 3 nitrogen and oxygen atoms in total. The molecule has 0 spiro atoms. The lowest BCUT2D eigenvalue weighted by Gasteiger charge is -2.07. The summed E-state index contributed by atoms with van der Waals surface area (Å²) in [6.07, 6.45) is 5.42. The first-order valence-corrected chi connectivity index (χ1v) is 5.84. The molecule has 1 aliphatic carbocycles. The number of nitrogens with one attached hydrogen (secondary N) is 1. The third kappa shape index (κ3) is 2.46. The van der Waals surface area contributed by atoms with Gasteiger partial charge in [0.2, 0.25) is 5.91 Å². The van der Waals surface area contributed by atoms with Crippen LogP contribution in [0.2, 0.25) is 0 Å². The smallest absolute Gasteiger partial charge is 0.247 e. The lowest BCUT2D eigenvalue weighted by molar-refractivity contribution is -0.117. The van der Waals surface area contributed by atoms with Crippen LogP contribution in [-0.4, -0.2) is 29.3 Å². The van der Waals surface area contributed by atoms with Crippen molar-refractivity contribution in [2.24, 2.45) is 4.99 Å². The number of amidine groups is 1. The maximum absolute atomic E-state index is 10.8. The molecule has 2 aliphatic rings. The summed E-state index contributed by atoms with van der Waals surface area (Å²) in [6, 6.07) is 0. The molecule has 13 heavy (non-hydrogen) atoms. The van der Waals surface area contributed by atoms with Gasteiger partial charge in [-0.15, -0.1) is 0 Å². The van der Waals surface area contributed by atoms with E-state index >= 15 is 0 Å². The molecule has 0 aromatic heterocycles. The molecule has 72 valence electrons. The molecule has 1 aliphatic heterocycles. The molecule has 0 atom stereocenters. The molecule has 0 aromatic carbocycles. The van der Waals surface area contributed by atoms with Gasteiger partial charge < -0.3 is 5.32 Å². The minimum atomic E-state index is 0.0435. The second-order valence-corrected chi connectivity index (χ2v) is 4.82. The fraction of sp³-hybridized carbons (Fsp3) is 0.778. The molecular weight excluding hydrogens is 184 g/mol. The number of thioether (sulfide) groups is 1. The zero-order valence-corrected chi connectivity index (χ0v) is 8.40. The van der Waals surface area contributed by atoms with Gasteiger partial charge >= 0.3 is 0 Å². The van der Waals surface area contributed by atoms with Gasteiger partial charge in [0, 0.05) is 5.25 Å². The summed E-state index contributed by atoms with van der Waals surface area (Å²) in [5, 5.41) is 3.57. The summed E-state index contributed by atoms with van der Waals surface area (Å²) in [5.74, 6) is 1.81. The summed E-state index contributed by atoms with van der Waals surface area (Å²) in [6.45, 7) is 0.334. The van der Waals surface area contributed by atoms with E-state index in [4.69, 9.17) is 0 Å². The molecule has 1 heterocycles. The van der Waals surface area contributed by atoms with Gasteiger partial charge in [-0.1, -0.05) is 12.8 Å². The number of aliphatic imine (C=N–C) groups is 1. The summed E-state index contributed by atoms with van der Waals surface area (Å²) >= 11 is 1.94. The Kier molecular flexibility index (Phi) is 2.88. The van der Waals surface area contributed by atoms with Crippen LogP contribution in [0, 0.1) is 0 Å². The van der Waals surface area contributed by atoms with E-state index < -0.39 is 0 Å². The Bertz CT molecular complexity index is 234. The van der Waals surface area contributed by atoms with Crippen molar-refractivity contribution in [1.29, 1.82) is 0 Å². The highest BCUT2D eigenvalue weighted by molar-refractivity contribution is 8.00. The van der Waals surface area contributed by atoms with E-state index in [1.54, 1.807) is 0 Å². The van der Waals surface area contributed by atoms with E-state index in [9.17, 15) is 4.79 Å². The van der Waals surface area contributed by atoms with Crippen LogP contribution < -0.4 is 5.32 Å². The molecule has 1 amide bonds. The predicted octanol–water partition coefficient (Wildman–Crippen LogP) is 1.19. The first-order chi connectivity index (χ1) is 6.34. The summed E-state index contributed by atoms with van der Waals surface area (Å²) in [7, 11) is 0. The van der Waals surface area contributed by atoms with Gasteiger partial charge in [0.25, 0.3) is 0 Å². The first kappa shape index (κ1) is 9.06. The molecule has 4 heteroatoms. The van der Waals surface area contributed by atoms with Crippen LogP contribution in [0.3, 0.4) is 0 Å². The van der Waals surface area contributed by atoms with Crippen LogP contribution in [0.1, 0.15) is 25.7 Å². The fourth-order valence-corrected chi connectivity index (χ4v) is 2.96. The molecule has 2 rings (SSSR count). The molecule has 0 radical (unpaired) electrons. The highest BCUT2D eigenvalue weighted by atomic mass is 32.2. The first-order valence-electron chi connectivity index (χ1n) is 4.79. The predicted molar refractivity (Wildman–Crippen MR) is 55.2 cm³/mol. The minimum absolute atomic E-state index is 0.0435. The SMILES string of the molecule is O=C1CN=C(CSC2CCCC2)N1. The third-order valence-corrected chi connectivity index (χ3v) is 3.84. The molecule has 0 bridgehead atoms. The van der Waals surface area contributed by atoms with Crippen molar-refractivity contribution >= 4 is 23.5 Å². The zero-order valence-electron chi connectivity index (χ0n) is 7.58. The standard InChI is InChI=1S/C9H14N2OS/c12-9-5-10-8(11-9)6-13-7-3-1-2-4-7/h7H,1-6H2,(H,10,11,12). The van der Waals surface area contributed by atoms with Crippen molar-refractivity contribution < 1.29 is 4.79 Å². The topological polar surface area (TPSA) is 41.5 Å². The quantitative estimate of drug-likeness (QED) is 0.740. The molecular formula is C9H14N2OS. The van der Waals surface area contributed by atoms with E-state index in [0.29, 0.717) is 6.54 Å². The zero-order chi connectivity index (χ0) is 9.10. The lowest BCUT2D eigenvalue weighted by Crippen LogP contribution is -2.26. The van der Waals surface area contributed by atoms with Gasteiger partial charge in [-0.25, -0.2) is 0 Å². The Labute approximate surface area is 82.4 Å². The number of carbonyl (C=O) groups is 1. The number of hydrogen-bond donors (Lipinski definition) is 1. The Balaban J connectivity index is 1.70. The van der Waals surface area contributed by atoms with Crippen LogP contribution in [0.4, 0.5) is 0 Å². The van der Waals surface area contributed by atoms with E-state index in [1.165, 1.54) is 25.7 Å². The molecule has 0 saturated heterocycles. The maximum Gasteiger partial charge on any atom is 0.247 e. The Morgan fingerprint density at radius 1 is 1.46 bits per heavy atom. The highest BCUT2D eigenvalue weighted by Gasteiger charge is 2.18. The van der Waals surface area contributed by atoms with Crippen molar-refractivity contribution in [3.05, 3.63) is 0 Å². The summed E-state index contributed by atoms with van der Waals surface area (Å²) in [4.78, 5) is 14.9. The van der Waals surface area contributed by atoms with Crippen LogP contribution in [0.25, 0.3) is 0 Å². The van der Waals surface area contributed by atoms with Gasteiger partial charge in [0.15, 0.2) is 0 Å². The van der Waals surface area contributed by atoms with Crippen molar-refractivity contribution in [2.45, 2.75) is 30.9 Å². The van der Waals surface area contributed by atoms with Crippen molar-refractivity contribution in [3.8, 4) is 0 Å². The molecule has 0 aromatic rings. The third-order valence-electron chi connectivity index (χ3n) is 2.46. The molecule has 0 unspecified atom stereocenters. The maximum atomic E-state index is 10.8. The van der Waals surface area contributed by atoms with Crippen molar-refractivity contribution in [2.75, 3.05) is 12.3 Å². The van der Waals surface area contributed by atoms with Crippen molar-refractivity contribution in [1.82, 2.24) is 5.32 Å². The normalized spacial score (nSPS) is 23.4. The van der Waals surface area contributed by atoms with E-state index in [-0.39, 0.29) is 5.91 Å². The largest absolute Gasteiger partial charge is 0.312 e. The Hall–Kier alpha value is -0.510. The van der Waals surface area contributed by atoms with Gasteiger partial charge in [-0.3, -0.25) is 9.79 Å². The minimum Gasteiger partial charge on any atom is -0.312 e. The highest BCUT2D eigenvalue weighted by Crippen LogP contribution is 2.29. The van der Waals surface area contributed by atoms with E-state index in [1.807, 2.05) is 11.8 Å². The van der Waals surface area contributed by atoms with Gasteiger partial charge in [-0.05, 0) is 12.8 Å². The van der Waals surface area contributed by atoms with E-state index in [2.05, 4.69) is 10.3 Å². The van der Waals surface area contributed by atoms with Crippen LogP contribution in [-0.2, 0) is 4.79 Å².